The molecule has 10 heteroatoms. The number of aromatic nitrogens is 2. The van der Waals surface area contributed by atoms with Crippen LogP contribution in [0.5, 0.6) is 0 Å². The molecule has 0 radical (unpaired) electrons. The predicted octanol–water partition coefficient (Wildman–Crippen LogP) is 2.50. The molecule has 7 nitrogen and oxygen atoms in total. The number of hydrogen-bond acceptors (Lipinski definition) is 7. The first kappa shape index (κ1) is 19.5. The Labute approximate surface area is 164 Å². The summed E-state index contributed by atoms with van der Waals surface area (Å²) in [5.74, 6) is -0.384. The van der Waals surface area contributed by atoms with Crippen LogP contribution in [-0.4, -0.2) is 30.1 Å². The molecule has 0 spiro atoms. The number of rotatable bonds is 6. The van der Waals surface area contributed by atoms with Gasteiger partial charge in [-0.15, -0.1) is 11.3 Å². The van der Waals surface area contributed by atoms with E-state index in [1.54, 1.807) is 6.20 Å². The average Bonchev–Trinajstić information content (AvgIpc) is 3.23. The zero-order valence-electron chi connectivity index (χ0n) is 14.6. The van der Waals surface area contributed by atoms with Crippen molar-refractivity contribution in [2.75, 3.05) is 11.6 Å². The summed E-state index contributed by atoms with van der Waals surface area (Å²) < 4.78 is 24.6. The highest BCUT2D eigenvalue weighted by Crippen LogP contribution is 2.21. The van der Waals surface area contributed by atoms with Crippen molar-refractivity contribution < 1.29 is 13.2 Å². The number of pyridine rings is 1. The van der Waals surface area contributed by atoms with E-state index >= 15 is 0 Å². The van der Waals surface area contributed by atoms with Crippen LogP contribution in [0.15, 0.2) is 51.0 Å². The maximum absolute atomic E-state index is 12.9. The fourth-order valence-corrected chi connectivity index (χ4v) is 4.48. The number of hydrogen-bond donors (Lipinski definition) is 1. The summed E-state index contributed by atoms with van der Waals surface area (Å²) in [5.41, 5.74) is 0.359. The summed E-state index contributed by atoms with van der Waals surface area (Å²) in [6, 6.07) is 3.42. The van der Waals surface area contributed by atoms with E-state index in [1.807, 2.05) is 23.8 Å². The number of thiophene rings is 1. The quantitative estimate of drug-likeness (QED) is 0.657. The van der Waals surface area contributed by atoms with E-state index in [1.165, 1.54) is 39.5 Å². The van der Waals surface area contributed by atoms with Crippen LogP contribution in [0.3, 0.4) is 0 Å². The van der Waals surface area contributed by atoms with Crippen LogP contribution in [0.2, 0.25) is 0 Å². The fraction of sp³-hybridized carbons (Fsp3) is 0.235. The van der Waals surface area contributed by atoms with E-state index in [2.05, 4.69) is 10.3 Å². The largest absolute Gasteiger partial charge is 0.303 e. The lowest BCUT2D eigenvalue weighted by Crippen LogP contribution is -2.34. The van der Waals surface area contributed by atoms with Crippen molar-refractivity contribution in [1.82, 2.24) is 9.55 Å². The molecular formula is C17H17N3O4S3. The molecule has 0 aliphatic heterocycles. The molecule has 0 saturated heterocycles. The highest BCUT2D eigenvalue weighted by molar-refractivity contribution is 7.90. The van der Waals surface area contributed by atoms with Gasteiger partial charge in [-0.25, -0.2) is 13.4 Å². The summed E-state index contributed by atoms with van der Waals surface area (Å²) in [6.07, 6.45) is 4.34. The van der Waals surface area contributed by atoms with Crippen LogP contribution in [0.4, 0.5) is 5.13 Å². The standard InChI is InChI=1S/C17H17N3O4S3/c1-11-9-18-17(26-11)19-16(22)14(7-12-4-6-25-10-12)20-5-3-13(8-15(20)21)27(2,23)24/h3-6,8-10,14H,7H2,1-2H3,(H,18,19,22). The molecule has 3 aromatic heterocycles. The molecule has 0 saturated carbocycles. The Morgan fingerprint density at radius 2 is 2.15 bits per heavy atom. The van der Waals surface area contributed by atoms with Crippen molar-refractivity contribution in [2.45, 2.75) is 24.3 Å². The van der Waals surface area contributed by atoms with Crippen molar-refractivity contribution in [3.05, 3.63) is 62.1 Å². The monoisotopic (exact) mass is 423 g/mol. The third-order valence-electron chi connectivity index (χ3n) is 3.85. The minimum Gasteiger partial charge on any atom is -0.303 e. The molecule has 3 rings (SSSR count). The lowest BCUT2D eigenvalue weighted by atomic mass is 10.1. The second kappa shape index (κ2) is 7.75. The number of aryl methyl sites for hydroxylation is 1. The van der Waals surface area contributed by atoms with Crippen molar-refractivity contribution in [1.29, 1.82) is 0 Å². The third kappa shape index (κ3) is 4.71. The van der Waals surface area contributed by atoms with E-state index in [0.717, 1.165) is 22.8 Å². The van der Waals surface area contributed by atoms with Crippen LogP contribution in [0.25, 0.3) is 0 Å². The Morgan fingerprint density at radius 3 is 2.70 bits per heavy atom. The van der Waals surface area contributed by atoms with Gasteiger partial charge < -0.3 is 9.88 Å². The van der Waals surface area contributed by atoms with Gasteiger partial charge in [-0.05, 0) is 35.4 Å². The van der Waals surface area contributed by atoms with Gasteiger partial charge in [0.1, 0.15) is 6.04 Å². The van der Waals surface area contributed by atoms with Crippen molar-refractivity contribution in [3.63, 3.8) is 0 Å². The van der Waals surface area contributed by atoms with Gasteiger partial charge in [0, 0.05) is 36.0 Å². The Kier molecular flexibility index (Phi) is 5.59. The molecule has 1 unspecified atom stereocenters. The molecule has 1 amide bonds. The molecule has 3 heterocycles. The first-order valence-electron chi connectivity index (χ1n) is 7.90. The Balaban J connectivity index is 1.96. The molecule has 3 aromatic rings. The Morgan fingerprint density at radius 1 is 1.37 bits per heavy atom. The Bertz CT molecular complexity index is 1110. The molecule has 1 atom stereocenters. The number of carbonyl (C=O) groups is 1. The number of nitrogens with one attached hydrogen (secondary N) is 1. The lowest BCUT2D eigenvalue weighted by Gasteiger charge is -2.18. The highest BCUT2D eigenvalue weighted by atomic mass is 32.2. The number of amides is 1. The SMILES string of the molecule is Cc1cnc(NC(=O)C(Cc2ccsc2)n2ccc(S(C)(=O)=O)cc2=O)s1. The molecule has 1 N–H and O–H groups in total. The topological polar surface area (TPSA) is 98.1 Å². The average molecular weight is 424 g/mol. The van der Waals surface area contributed by atoms with Gasteiger partial charge in [-0.2, -0.15) is 11.3 Å². The smallest absolute Gasteiger partial charge is 0.252 e. The molecule has 0 aromatic carbocycles. The van der Waals surface area contributed by atoms with Gasteiger partial charge in [0.15, 0.2) is 15.0 Å². The molecule has 0 aliphatic rings. The van der Waals surface area contributed by atoms with E-state index in [0.29, 0.717) is 11.6 Å². The minimum atomic E-state index is -3.50. The molecule has 0 aliphatic carbocycles. The first-order chi connectivity index (χ1) is 12.7. The van der Waals surface area contributed by atoms with Crippen LogP contribution in [0, 0.1) is 6.92 Å². The summed E-state index contributed by atoms with van der Waals surface area (Å²) in [5, 5.41) is 6.99. The van der Waals surface area contributed by atoms with Crippen molar-refractivity contribution in [2.24, 2.45) is 0 Å². The normalized spacial score (nSPS) is 12.7. The second-order valence-electron chi connectivity index (χ2n) is 6.00. The van der Waals surface area contributed by atoms with E-state index in [-0.39, 0.29) is 10.8 Å². The van der Waals surface area contributed by atoms with Gasteiger partial charge in [-0.1, -0.05) is 0 Å². The zero-order chi connectivity index (χ0) is 19.6. The second-order valence-corrected chi connectivity index (χ2v) is 10.0. The van der Waals surface area contributed by atoms with Gasteiger partial charge >= 0.3 is 0 Å². The predicted molar refractivity (Wildman–Crippen MR) is 106 cm³/mol. The van der Waals surface area contributed by atoms with Gasteiger partial charge in [0.2, 0.25) is 5.91 Å². The zero-order valence-corrected chi connectivity index (χ0v) is 17.0. The Hall–Kier alpha value is -2.30. The minimum absolute atomic E-state index is 0.0750. The van der Waals surface area contributed by atoms with Crippen LogP contribution in [-0.2, 0) is 21.1 Å². The number of anilines is 1. The van der Waals surface area contributed by atoms with Crippen molar-refractivity contribution >= 4 is 43.5 Å². The van der Waals surface area contributed by atoms with Gasteiger partial charge in [0.25, 0.3) is 5.56 Å². The van der Waals surface area contributed by atoms with Crippen LogP contribution < -0.4 is 10.9 Å². The van der Waals surface area contributed by atoms with Crippen LogP contribution in [0.1, 0.15) is 16.5 Å². The highest BCUT2D eigenvalue weighted by Gasteiger charge is 2.24. The maximum atomic E-state index is 12.9. The van der Waals surface area contributed by atoms with Gasteiger partial charge in [-0.3, -0.25) is 9.59 Å². The summed E-state index contributed by atoms with van der Waals surface area (Å²) in [4.78, 5) is 30.4. The fourth-order valence-electron chi connectivity index (χ4n) is 2.51. The maximum Gasteiger partial charge on any atom is 0.252 e. The number of thiazole rings is 1. The summed E-state index contributed by atoms with van der Waals surface area (Å²) in [7, 11) is -3.50. The number of nitrogens with zero attached hydrogens (tertiary/aromatic N) is 2. The molecule has 0 bridgehead atoms. The van der Waals surface area contributed by atoms with E-state index < -0.39 is 21.4 Å². The molecule has 0 fully saturated rings. The summed E-state index contributed by atoms with van der Waals surface area (Å²) in [6.45, 7) is 1.88. The van der Waals surface area contributed by atoms with Crippen molar-refractivity contribution in [3.8, 4) is 0 Å². The third-order valence-corrected chi connectivity index (χ3v) is 6.52. The first-order valence-corrected chi connectivity index (χ1v) is 11.6. The lowest BCUT2D eigenvalue weighted by molar-refractivity contribution is -0.119. The molecule has 27 heavy (non-hydrogen) atoms. The molecular weight excluding hydrogens is 406 g/mol. The number of sulfone groups is 1. The number of carbonyl (C=O) groups excluding carboxylic acids is 1. The van der Waals surface area contributed by atoms with Crippen LogP contribution >= 0.6 is 22.7 Å². The van der Waals surface area contributed by atoms with E-state index in [9.17, 15) is 18.0 Å². The van der Waals surface area contributed by atoms with Gasteiger partial charge in [0.05, 0.1) is 4.90 Å². The molecule has 142 valence electrons. The van der Waals surface area contributed by atoms with E-state index in [4.69, 9.17) is 0 Å². The summed E-state index contributed by atoms with van der Waals surface area (Å²) >= 11 is 2.84.